The molecule has 19 nitrogen and oxygen atoms in total. The number of rotatable bonds is 2. The van der Waals surface area contributed by atoms with Crippen LogP contribution in [0.25, 0.3) is 22.3 Å². The SMILES string of the molecule is Nc1ncnc2c1ncn2[C@@H]1O[C@@]23CO[C@@H]1[C@@H]2O[P@](=O)(S)OC[C@@H]1C[C@@H](O[P@](=O)(S)OC3)[C@H](n2cnc3c(N)ncnc32)O1. The minimum atomic E-state index is -4.10. The van der Waals surface area contributed by atoms with Gasteiger partial charge < -0.3 is 25.7 Å². The van der Waals surface area contributed by atoms with Gasteiger partial charge in [0.2, 0.25) is 0 Å². The number of nitrogens with two attached hydrogens (primary N) is 2. The quantitative estimate of drug-likeness (QED) is 0.173. The summed E-state index contributed by atoms with van der Waals surface area (Å²) < 4.78 is 72.5. The van der Waals surface area contributed by atoms with Gasteiger partial charge in [-0.15, -0.1) is 0 Å². The predicted octanol–water partition coefficient (Wildman–Crippen LogP) is 1.68. The van der Waals surface area contributed by atoms with Crippen molar-refractivity contribution in [3.8, 4) is 0 Å². The fourth-order valence-electron chi connectivity index (χ4n) is 5.89. The second kappa shape index (κ2) is 10.3. The zero-order valence-electron chi connectivity index (χ0n) is 22.3. The predicted molar refractivity (Wildman–Crippen MR) is 155 cm³/mol. The molecule has 4 aliphatic heterocycles. The van der Waals surface area contributed by atoms with Crippen LogP contribution in [0.2, 0.25) is 0 Å². The van der Waals surface area contributed by atoms with Gasteiger partial charge in [-0.2, -0.15) is 0 Å². The van der Waals surface area contributed by atoms with Gasteiger partial charge in [-0.1, -0.05) is 24.5 Å². The number of imidazole rings is 2. The van der Waals surface area contributed by atoms with E-state index in [0.29, 0.717) is 22.3 Å². The van der Waals surface area contributed by atoms with Gasteiger partial charge in [0.05, 0.1) is 38.6 Å². The fourth-order valence-corrected chi connectivity index (χ4v) is 8.93. The lowest BCUT2D eigenvalue weighted by Gasteiger charge is -2.32. The molecule has 0 amide bonds. The number of aromatic nitrogens is 8. The van der Waals surface area contributed by atoms with Crippen molar-refractivity contribution in [2.75, 3.05) is 31.3 Å². The third-order valence-corrected chi connectivity index (χ3v) is 11.1. The Hall–Kier alpha value is -2.42. The highest BCUT2D eigenvalue weighted by atomic mass is 32.7. The van der Waals surface area contributed by atoms with E-state index >= 15 is 0 Å². The molecule has 4 bridgehead atoms. The van der Waals surface area contributed by atoms with E-state index in [1.54, 1.807) is 9.13 Å². The molecule has 0 spiro atoms. The van der Waals surface area contributed by atoms with E-state index in [4.69, 9.17) is 43.8 Å². The van der Waals surface area contributed by atoms with Crippen LogP contribution >= 0.6 is 38.1 Å². The van der Waals surface area contributed by atoms with E-state index in [-0.39, 0.29) is 37.9 Å². The Morgan fingerprint density at radius 3 is 2.16 bits per heavy atom. The smallest absolute Gasteiger partial charge is 0.382 e. The number of hydrogen-bond acceptors (Lipinski definition) is 17. The van der Waals surface area contributed by atoms with E-state index in [1.165, 1.54) is 25.3 Å². The summed E-state index contributed by atoms with van der Waals surface area (Å²) in [5.41, 5.74) is 11.9. The molecule has 9 atom stereocenters. The number of ether oxygens (including phenoxy) is 3. The van der Waals surface area contributed by atoms with Crippen LogP contribution in [-0.4, -0.2) is 88.9 Å². The van der Waals surface area contributed by atoms with Gasteiger partial charge >= 0.3 is 13.6 Å². The Morgan fingerprint density at radius 2 is 1.48 bits per heavy atom. The third kappa shape index (κ3) is 4.73. The molecule has 4 saturated heterocycles. The molecule has 0 unspecified atom stereocenters. The molecule has 8 heterocycles. The summed E-state index contributed by atoms with van der Waals surface area (Å²) in [6, 6.07) is 0. The Kier molecular flexibility index (Phi) is 6.79. The number of nitrogens with zero attached hydrogens (tertiary/aromatic N) is 8. The van der Waals surface area contributed by atoms with Crippen molar-refractivity contribution in [2.45, 2.75) is 48.9 Å². The van der Waals surface area contributed by atoms with Crippen LogP contribution in [0.1, 0.15) is 18.9 Å². The van der Waals surface area contributed by atoms with E-state index in [0.717, 1.165) is 0 Å². The molecule has 0 saturated carbocycles. The Labute approximate surface area is 257 Å². The number of anilines is 2. The Balaban J connectivity index is 1.12. The highest BCUT2D eigenvalue weighted by Crippen LogP contribution is 2.63. The Morgan fingerprint density at radius 1 is 0.841 bits per heavy atom. The molecule has 0 radical (unpaired) electrons. The highest BCUT2D eigenvalue weighted by molar-refractivity contribution is 8.44. The third-order valence-electron chi connectivity index (χ3n) is 7.85. The largest absolute Gasteiger partial charge is 0.386 e. The van der Waals surface area contributed by atoms with Crippen molar-refractivity contribution in [3.05, 3.63) is 25.3 Å². The van der Waals surface area contributed by atoms with Crippen molar-refractivity contribution in [3.63, 3.8) is 0 Å². The van der Waals surface area contributed by atoms with Crippen molar-refractivity contribution >= 4 is 72.1 Å². The summed E-state index contributed by atoms with van der Waals surface area (Å²) in [4.78, 5) is 25.0. The molecule has 4 fully saturated rings. The van der Waals surface area contributed by atoms with Gasteiger partial charge in [0, 0.05) is 6.42 Å². The first-order valence-electron chi connectivity index (χ1n) is 13.1. The molecular formula is C21H24N10O9P2S2. The summed E-state index contributed by atoms with van der Waals surface area (Å²) in [6.45, 7) is -8.84. The molecule has 8 rings (SSSR count). The lowest BCUT2D eigenvalue weighted by molar-refractivity contribution is -0.182. The summed E-state index contributed by atoms with van der Waals surface area (Å²) in [7, 11) is 0. The zero-order valence-corrected chi connectivity index (χ0v) is 25.9. The molecular weight excluding hydrogens is 662 g/mol. The number of nitrogen functional groups attached to an aromatic ring is 2. The standard InChI is InChI=1S/C21H24N10O9P2S2/c22-15-11-17(26-5-24-15)30(7-28-11)19-10-1-9(37-19)2-35-41(32,43)40-14-13-20(31-8-29-12-16(23)25-6-27-18(12)31)38-21(14,3-34-13)4-36-42(33,44)39-10/h5-10,13-14,19-20H,1-4H2,(H,32,43)(H,33,44)(H2,22,24,26)(H2,23,25,27)/t9-,10+,13+,14-,19+,20+,21+,41+,42+/m0/s1. The molecule has 44 heavy (non-hydrogen) atoms. The maximum atomic E-state index is 13.7. The van der Waals surface area contributed by atoms with Crippen LogP contribution in [0.15, 0.2) is 25.3 Å². The van der Waals surface area contributed by atoms with Gasteiger partial charge in [-0.3, -0.25) is 27.2 Å². The zero-order chi connectivity index (χ0) is 30.4. The van der Waals surface area contributed by atoms with Crippen LogP contribution in [0.4, 0.5) is 11.6 Å². The summed E-state index contributed by atoms with van der Waals surface area (Å²) >= 11 is 8.50. The van der Waals surface area contributed by atoms with E-state index < -0.39 is 56.1 Å². The molecule has 0 aromatic carbocycles. The maximum Gasteiger partial charge on any atom is 0.386 e. The van der Waals surface area contributed by atoms with Crippen LogP contribution in [0.5, 0.6) is 0 Å². The van der Waals surface area contributed by atoms with Gasteiger partial charge in [0.25, 0.3) is 0 Å². The molecule has 4 N–H and O–H groups in total. The van der Waals surface area contributed by atoms with Crippen molar-refractivity contribution < 1.29 is 41.4 Å². The molecule has 4 aromatic heterocycles. The van der Waals surface area contributed by atoms with Crippen molar-refractivity contribution in [2.24, 2.45) is 0 Å². The van der Waals surface area contributed by atoms with Crippen molar-refractivity contribution in [1.29, 1.82) is 0 Å². The first-order valence-corrected chi connectivity index (χ1v) is 18.5. The first kappa shape index (κ1) is 29.0. The molecule has 4 aliphatic rings. The van der Waals surface area contributed by atoms with E-state index in [1.807, 2.05) is 0 Å². The minimum absolute atomic E-state index is 0.0654. The maximum absolute atomic E-state index is 13.7. The van der Waals surface area contributed by atoms with Crippen LogP contribution in [0.3, 0.4) is 0 Å². The topological polar surface area (TPSA) is 238 Å². The highest BCUT2D eigenvalue weighted by Gasteiger charge is 2.65. The van der Waals surface area contributed by atoms with Crippen LogP contribution in [0, 0.1) is 0 Å². The number of hydrogen-bond donors (Lipinski definition) is 4. The van der Waals surface area contributed by atoms with Crippen LogP contribution < -0.4 is 11.5 Å². The number of thiol groups is 2. The lowest BCUT2D eigenvalue weighted by atomic mass is 10.0. The molecule has 0 aliphatic carbocycles. The minimum Gasteiger partial charge on any atom is -0.382 e. The number of fused-ring (bicyclic) bond motifs is 4. The van der Waals surface area contributed by atoms with Crippen LogP contribution in [-0.2, 0) is 41.4 Å². The first-order chi connectivity index (χ1) is 21.0. The average molecular weight is 687 g/mol. The Bertz CT molecular complexity index is 1880. The summed E-state index contributed by atoms with van der Waals surface area (Å²) in [6.07, 6.45) is 0.376. The fraction of sp³-hybridized carbons (Fsp3) is 0.524. The second-order valence-electron chi connectivity index (χ2n) is 10.6. The molecule has 23 heteroatoms. The average Bonchev–Trinajstić information content (AvgIpc) is 3.79. The monoisotopic (exact) mass is 686 g/mol. The summed E-state index contributed by atoms with van der Waals surface area (Å²) in [5.74, 6) is 0.345. The van der Waals surface area contributed by atoms with E-state index in [2.05, 4.69) is 54.4 Å². The molecule has 234 valence electrons. The van der Waals surface area contributed by atoms with Gasteiger partial charge in [0.15, 0.2) is 35.4 Å². The molecule has 4 aromatic rings. The lowest BCUT2D eigenvalue weighted by Crippen LogP contribution is -2.45. The second-order valence-corrected chi connectivity index (χ2v) is 16.3. The normalized spacial score (nSPS) is 39.2. The van der Waals surface area contributed by atoms with Gasteiger partial charge in [-0.05, 0) is 0 Å². The van der Waals surface area contributed by atoms with Gasteiger partial charge in [0.1, 0.15) is 47.6 Å². The van der Waals surface area contributed by atoms with Crippen molar-refractivity contribution in [1.82, 2.24) is 39.0 Å². The van der Waals surface area contributed by atoms with E-state index in [9.17, 15) is 9.13 Å². The summed E-state index contributed by atoms with van der Waals surface area (Å²) in [5, 5.41) is 0. The van der Waals surface area contributed by atoms with Gasteiger partial charge in [-0.25, -0.2) is 39.0 Å².